The minimum Gasteiger partial charge on any atom is -0.458 e. The highest BCUT2D eigenvalue weighted by Crippen LogP contribution is 2.58. The predicted octanol–water partition coefficient (Wildman–Crippen LogP) is 13.5. The summed E-state index contributed by atoms with van der Waals surface area (Å²) < 4.78 is 19.3. The van der Waals surface area contributed by atoms with Crippen LogP contribution in [0.15, 0.2) is 152 Å². The molecule has 5 heteroatoms. The van der Waals surface area contributed by atoms with Gasteiger partial charge in [-0.2, -0.15) is 0 Å². The Balaban J connectivity index is 1.18. The highest BCUT2D eigenvalue weighted by Gasteiger charge is 2.44. The van der Waals surface area contributed by atoms with Gasteiger partial charge in [0.2, 0.25) is 0 Å². The molecule has 0 amide bonds. The molecule has 0 atom stereocenters. The number of hydrogen-bond donors (Lipinski definition) is 0. The van der Waals surface area contributed by atoms with E-state index in [9.17, 15) is 0 Å². The molecule has 8 aromatic carbocycles. The second-order valence-electron chi connectivity index (χ2n) is 20.9. The van der Waals surface area contributed by atoms with Crippen LogP contribution < -0.4 is 25.9 Å². The molecule has 0 spiro atoms. The number of nitrogens with zero attached hydrogens (tertiary/aromatic N) is 2. The zero-order chi connectivity index (χ0) is 43.6. The van der Waals surface area contributed by atoms with E-state index in [1.165, 1.54) is 82.4 Å². The van der Waals surface area contributed by atoms with Crippen molar-refractivity contribution in [1.82, 2.24) is 9.13 Å². The minimum absolute atomic E-state index is 0.0230. The average molecular weight is 829 g/mol. The van der Waals surface area contributed by atoms with Crippen molar-refractivity contribution in [3.05, 3.63) is 174 Å². The number of hydrogen-bond acceptors (Lipinski definition) is 2. The van der Waals surface area contributed by atoms with Gasteiger partial charge >= 0.3 is 0 Å². The summed E-state index contributed by atoms with van der Waals surface area (Å²) in [6.45, 7) is 18.5. The Morgan fingerprint density at radius 2 is 1.00 bits per heavy atom. The van der Waals surface area contributed by atoms with E-state index >= 15 is 0 Å². The van der Waals surface area contributed by atoms with Gasteiger partial charge in [0.05, 0.1) is 27.8 Å². The Bertz CT molecular complexity index is 3580. The molecule has 1 aliphatic carbocycles. The first kappa shape index (κ1) is 37.6. The molecule has 310 valence electrons. The van der Waals surface area contributed by atoms with Crippen molar-refractivity contribution >= 4 is 66.7 Å². The van der Waals surface area contributed by atoms with Crippen LogP contribution in [0.5, 0.6) is 23.0 Å². The summed E-state index contributed by atoms with van der Waals surface area (Å²) >= 11 is 0. The fraction of sp³-hybridized carbons (Fsp3) is 0.186. The van der Waals surface area contributed by atoms with Crippen molar-refractivity contribution in [2.45, 2.75) is 71.6 Å². The largest absolute Gasteiger partial charge is 0.458 e. The zero-order valence-corrected chi connectivity index (χ0v) is 37.7. The van der Waals surface area contributed by atoms with Crippen molar-refractivity contribution in [3.63, 3.8) is 0 Å². The number of ether oxygens (including phenoxy) is 2. The summed E-state index contributed by atoms with van der Waals surface area (Å²) in [7, 11) is 0. The monoisotopic (exact) mass is 828 g/mol. The smallest absolute Gasteiger partial charge is 0.260 e. The molecule has 0 saturated carbocycles. The van der Waals surface area contributed by atoms with Gasteiger partial charge in [-0.1, -0.05) is 159 Å². The fourth-order valence-electron chi connectivity index (χ4n) is 11.6. The summed E-state index contributed by atoms with van der Waals surface area (Å²) in [6, 6.07) is 56.2. The van der Waals surface area contributed by atoms with E-state index < -0.39 is 0 Å². The first-order chi connectivity index (χ1) is 30.8. The van der Waals surface area contributed by atoms with E-state index in [0.717, 1.165) is 45.4 Å². The summed E-state index contributed by atoms with van der Waals surface area (Å²) in [6.07, 6.45) is 0. The number of benzene rings is 8. The van der Waals surface area contributed by atoms with Crippen LogP contribution in [0, 0.1) is 0 Å². The SMILES string of the molecule is CC(C)(C)c1ccc2c(c1)B1c3cc(C(C)(C)C)ccc3Oc3cc(-n4c5ccccc5c5c4c4c(c6c7ccccc7n(-c7ccccc7)c65)C(C)(C)c5ccccc5-4)cc(c31)O2. The summed E-state index contributed by atoms with van der Waals surface area (Å²) in [5.74, 6) is 3.47. The molecule has 0 fully saturated rings. The molecule has 2 aliphatic heterocycles. The fourth-order valence-corrected chi connectivity index (χ4v) is 11.6. The second-order valence-corrected chi connectivity index (χ2v) is 20.9. The minimum atomic E-state index is -0.280. The maximum absolute atomic E-state index is 7.14. The topological polar surface area (TPSA) is 28.3 Å². The summed E-state index contributed by atoms with van der Waals surface area (Å²) in [5.41, 5.74) is 17.9. The molecule has 13 rings (SSSR count). The maximum Gasteiger partial charge on any atom is 0.260 e. The van der Waals surface area contributed by atoms with E-state index in [1.807, 2.05) is 0 Å². The van der Waals surface area contributed by atoms with Crippen molar-refractivity contribution in [1.29, 1.82) is 0 Å². The Kier molecular flexibility index (Phi) is 7.40. The molecule has 2 aromatic heterocycles. The lowest BCUT2D eigenvalue weighted by atomic mass is 9.34. The van der Waals surface area contributed by atoms with Crippen LogP contribution in [0.3, 0.4) is 0 Å². The molecule has 4 heterocycles. The number of fused-ring (bicyclic) bond motifs is 16. The standard InChI is InChI=1S/C59H49BN2O2/c1-57(2,3)34-26-28-46-42(30-34)60-43-31-35(58(4,5)6)27-29-47(43)64-49-33-37(32-48(63-46)54(49)60)62-45-25-17-14-22-40(45)52-55(62)50-38-20-12-15-23-41(38)59(7,8)53(50)51-39-21-13-16-24-44(39)61(56(51)52)36-18-10-9-11-19-36/h9-33H,1-8H3. The zero-order valence-electron chi connectivity index (χ0n) is 37.7. The maximum atomic E-state index is 7.14. The molecule has 64 heavy (non-hydrogen) atoms. The van der Waals surface area contributed by atoms with Gasteiger partial charge in [0.1, 0.15) is 23.0 Å². The van der Waals surface area contributed by atoms with Gasteiger partial charge in [0, 0.05) is 55.8 Å². The van der Waals surface area contributed by atoms with Crippen LogP contribution in [0.25, 0.3) is 66.1 Å². The molecule has 4 nitrogen and oxygen atoms in total. The highest BCUT2D eigenvalue weighted by atomic mass is 16.5. The molecule has 3 aliphatic rings. The molecule has 10 aromatic rings. The van der Waals surface area contributed by atoms with E-state index in [1.54, 1.807) is 0 Å². The molecule has 0 bridgehead atoms. The predicted molar refractivity (Wildman–Crippen MR) is 268 cm³/mol. The number of aromatic nitrogens is 2. The third kappa shape index (κ3) is 4.96. The van der Waals surface area contributed by atoms with Gasteiger partial charge in [-0.05, 0) is 86.0 Å². The summed E-state index contributed by atoms with van der Waals surface area (Å²) in [4.78, 5) is 0. The van der Waals surface area contributed by atoms with Crippen LogP contribution in [0.1, 0.15) is 77.6 Å². The average Bonchev–Trinajstić information content (AvgIpc) is 3.89. The van der Waals surface area contributed by atoms with Crippen molar-refractivity contribution in [3.8, 4) is 45.5 Å². The Morgan fingerprint density at radius 3 is 1.59 bits per heavy atom. The van der Waals surface area contributed by atoms with Gasteiger partial charge in [-0.3, -0.25) is 0 Å². The number of para-hydroxylation sites is 3. The van der Waals surface area contributed by atoms with E-state index in [4.69, 9.17) is 9.47 Å². The molecular formula is C59H49BN2O2. The van der Waals surface area contributed by atoms with Crippen LogP contribution in [0.4, 0.5) is 0 Å². The van der Waals surface area contributed by atoms with Gasteiger partial charge in [0.25, 0.3) is 6.71 Å². The Morgan fingerprint density at radius 1 is 0.484 bits per heavy atom. The lowest BCUT2D eigenvalue weighted by Gasteiger charge is -2.35. The van der Waals surface area contributed by atoms with Gasteiger partial charge in [0.15, 0.2) is 0 Å². The van der Waals surface area contributed by atoms with Crippen molar-refractivity contribution < 1.29 is 9.47 Å². The van der Waals surface area contributed by atoms with Gasteiger partial charge in [-0.15, -0.1) is 0 Å². The van der Waals surface area contributed by atoms with Crippen LogP contribution >= 0.6 is 0 Å². The Labute approximate surface area is 374 Å². The van der Waals surface area contributed by atoms with Gasteiger partial charge < -0.3 is 18.6 Å². The Hall–Kier alpha value is -6.98. The highest BCUT2D eigenvalue weighted by molar-refractivity contribution is 6.98. The van der Waals surface area contributed by atoms with Crippen LogP contribution in [0.2, 0.25) is 0 Å². The first-order valence-electron chi connectivity index (χ1n) is 22.8. The second kappa shape index (κ2) is 12.6. The molecule has 0 N–H and O–H groups in total. The molecule has 0 unspecified atom stereocenters. The molecular weight excluding hydrogens is 779 g/mol. The first-order valence-corrected chi connectivity index (χ1v) is 22.8. The quantitative estimate of drug-likeness (QED) is 0.162. The van der Waals surface area contributed by atoms with E-state index in [0.29, 0.717) is 0 Å². The van der Waals surface area contributed by atoms with Crippen LogP contribution in [-0.4, -0.2) is 15.8 Å². The lowest BCUT2D eigenvalue weighted by Crippen LogP contribution is -2.57. The lowest BCUT2D eigenvalue weighted by molar-refractivity contribution is 0.463. The molecule has 0 saturated heterocycles. The van der Waals surface area contributed by atoms with Crippen molar-refractivity contribution in [2.24, 2.45) is 0 Å². The molecule has 0 radical (unpaired) electrons. The van der Waals surface area contributed by atoms with Gasteiger partial charge in [-0.25, -0.2) is 0 Å². The van der Waals surface area contributed by atoms with E-state index in [-0.39, 0.29) is 23.0 Å². The van der Waals surface area contributed by atoms with Crippen LogP contribution in [-0.2, 0) is 16.2 Å². The number of rotatable bonds is 2. The van der Waals surface area contributed by atoms with E-state index in [2.05, 4.69) is 216 Å². The van der Waals surface area contributed by atoms with Crippen molar-refractivity contribution in [2.75, 3.05) is 0 Å². The third-order valence-electron chi connectivity index (χ3n) is 14.7. The summed E-state index contributed by atoms with van der Waals surface area (Å²) in [5, 5.41) is 5.03. The normalized spacial score (nSPS) is 14.6. The third-order valence-corrected chi connectivity index (χ3v) is 14.7.